The van der Waals surface area contributed by atoms with Gasteiger partial charge in [0, 0.05) is 6.42 Å². The molecule has 0 amide bonds. The van der Waals surface area contributed by atoms with Gasteiger partial charge >= 0.3 is 0 Å². The fourth-order valence-electron chi connectivity index (χ4n) is 3.29. The molecule has 0 heterocycles. The van der Waals surface area contributed by atoms with Crippen LogP contribution in [0, 0.1) is 0 Å². The monoisotopic (exact) mass is 389 g/mol. The number of ketones is 1. The van der Waals surface area contributed by atoms with Crippen LogP contribution >= 0.6 is 8.81 Å². The number of carbonyl (C=O) groups excluding carboxylic acids is 1. The van der Waals surface area contributed by atoms with Gasteiger partial charge < -0.3 is 14.5 Å². The predicted octanol–water partition coefficient (Wildman–Crippen LogP) is 4.38. The van der Waals surface area contributed by atoms with Gasteiger partial charge in [-0.05, 0) is 6.42 Å². The number of aliphatic hydroxyl groups excluding tert-OH is 1. The van der Waals surface area contributed by atoms with Crippen molar-refractivity contribution >= 4 is 14.6 Å². The first-order valence-corrected chi connectivity index (χ1v) is 11.7. The first-order valence-electron chi connectivity index (χ1n) is 10.7. The molecule has 3 atom stereocenters. The minimum Gasteiger partial charge on any atom is -0.827 e. The van der Waals surface area contributed by atoms with Crippen molar-refractivity contribution in [2.75, 3.05) is 21.1 Å². The molecule has 0 bridgehead atoms. The highest BCUT2D eigenvalue weighted by atomic mass is 31.1. The number of rotatable bonds is 18. The molecular formula is C21H44NO3P. The van der Waals surface area contributed by atoms with Crippen molar-refractivity contribution in [2.24, 2.45) is 0 Å². The fraction of sp³-hybridized carbons (Fsp3) is 0.952. The van der Waals surface area contributed by atoms with Crippen LogP contribution in [0.15, 0.2) is 0 Å². The van der Waals surface area contributed by atoms with E-state index in [1.165, 1.54) is 70.6 Å². The van der Waals surface area contributed by atoms with Crippen LogP contribution in [0.4, 0.5) is 0 Å². The molecule has 0 rings (SSSR count). The summed E-state index contributed by atoms with van der Waals surface area (Å²) in [7, 11) is 4.90. The van der Waals surface area contributed by atoms with Crippen LogP contribution < -0.4 is 4.89 Å². The Morgan fingerprint density at radius 3 is 1.58 bits per heavy atom. The molecule has 0 aromatic heterocycles. The highest BCUT2D eigenvalue weighted by Gasteiger charge is 2.32. The molecule has 0 aromatic carbocycles. The Morgan fingerprint density at radius 2 is 1.23 bits per heavy atom. The van der Waals surface area contributed by atoms with Crippen LogP contribution in [-0.2, 0) is 4.79 Å². The number of Topliss-reactive ketones (excluding diaryl/α,β-unsaturated/α-hetero) is 1. The topological polar surface area (TPSA) is 60.4 Å². The predicted molar refractivity (Wildman–Crippen MR) is 111 cm³/mol. The van der Waals surface area contributed by atoms with Gasteiger partial charge in [-0.2, -0.15) is 8.81 Å². The minimum atomic E-state index is -1.11. The van der Waals surface area contributed by atoms with Crippen LogP contribution in [0.25, 0.3) is 0 Å². The fourth-order valence-corrected chi connectivity index (χ4v) is 3.92. The van der Waals surface area contributed by atoms with Crippen LogP contribution in [-0.4, -0.2) is 48.4 Å². The molecule has 0 saturated carbocycles. The molecule has 0 aliphatic rings. The highest BCUT2D eigenvalue weighted by molar-refractivity contribution is 7.30. The van der Waals surface area contributed by atoms with Crippen molar-refractivity contribution in [1.29, 1.82) is 0 Å². The summed E-state index contributed by atoms with van der Waals surface area (Å²) in [6, 6.07) is 0. The second kappa shape index (κ2) is 16.0. The van der Waals surface area contributed by atoms with E-state index in [1.807, 2.05) is 21.1 Å². The lowest BCUT2D eigenvalue weighted by atomic mass is 10.0. The van der Waals surface area contributed by atoms with Crippen LogP contribution in [0.5, 0.6) is 0 Å². The third-order valence-corrected chi connectivity index (χ3v) is 6.44. The quantitative estimate of drug-likeness (QED) is 0.215. The van der Waals surface area contributed by atoms with E-state index in [0.717, 1.165) is 12.8 Å². The van der Waals surface area contributed by atoms with Gasteiger partial charge in [-0.25, -0.2) is 0 Å². The molecule has 0 spiro atoms. The first kappa shape index (κ1) is 26.0. The molecule has 156 valence electrons. The highest BCUT2D eigenvalue weighted by Crippen LogP contribution is 2.23. The largest absolute Gasteiger partial charge is 0.827 e. The van der Waals surface area contributed by atoms with E-state index in [2.05, 4.69) is 6.92 Å². The van der Waals surface area contributed by atoms with E-state index >= 15 is 0 Å². The zero-order chi connectivity index (χ0) is 19.8. The van der Waals surface area contributed by atoms with Crippen LogP contribution in [0.1, 0.15) is 96.8 Å². The zero-order valence-corrected chi connectivity index (χ0v) is 18.8. The SMILES string of the molecule is CCCCCCCCCCCCCCCC(=O)C(O)C(P[O-])[N+](C)(C)C. The van der Waals surface area contributed by atoms with Gasteiger partial charge in [0.05, 0.1) is 21.1 Å². The van der Waals surface area contributed by atoms with Crippen molar-refractivity contribution < 1.29 is 19.3 Å². The maximum absolute atomic E-state index is 12.1. The third kappa shape index (κ3) is 13.2. The normalized spacial score (nSPS) is 14.8. The Balaban J connectivity index is 3.56. The number of hydrogen-bond donors (Lipinski definition) is 1. The molecule has 4 nitrogen and oxygen atoms in total. The smallest absolute Gasteiger partial charge is 0.167 e. The van der Waals surface area contributed by atoms with Crippen molar-refractivity contribution in [3.63, 3.8) is 0 Å². The van der Waals surface area contributed by atoms with E-state index < -0.39 is 20.7 Å². The van der Waals surface area contributed by atoms with Gasteiger partial charge in [0.2, 0.25) is 0 Å². The van der Waals surface area contributed by atoms with Crippen molar-refractivity contribution in [2.45, 2.75) is 109 Å². The van der Waals surface area contributed by atoms with Crippen LogP contribution in [0.2, 0.25) is 0 Å². The lowest BCUT2D eigenvalue weighted by molar-refractivity contribution is -0.885. The molecule has 0 aliphatic heterocycles. The molecule has 26 heavy (non-hydrogen) atoms. The molecule has 0 fully saturated rings. The summed E-state index contributed by atoms with van der Waals surface area (Å²) in [4.78, 5) is 23.4. The molecule has 5 heteroatoms. The molecule has 0 aromatic rings. The number of aliphatic hydroxyl groups is 1. The molecule has 1 N–H and O–H groups in total. The summed E-state index contributed by atoms with van der Waals surface area (Å²) in [5.41, 5.74) is 0. The summed E-state index contributed by atoms with van der Waals surface area (Å²) in [5.74, 6) is -0.682. The van der Waals surface area contributed by atoms with E-state index in [1.54, 1.807) is 0 Å². The molecule has 0 aliphatic carbocycles. The number of hydrogen-bond acceptors (Lipinski definition) is 3. The summed E-state index contributed by atoms with van der Waals surface area (Å²) in [6.45, 7) is 2.26. The van der Waals surface area contributed by atoms with E-state index in [-0.39, 0.29) is 5.78 Å². The van der Waals surface area contributed by atoms with E-state index in [0.29, 0.717) is 10.9 Å². The van der Waals surface area contributed by atoms with Gasteiger partial charge in [-0.15, -0.1) is 0 Å². The zero-order valence-electron chi connectivity index (χ0n) is 17.8. The van der Waals surface area contributed by atoms with Crippen molar-refractivity contribution in [3.05, 3.63) is 0 Å². The Morgan fingerprint density at radius 1 is 0.846 bits per heavy atom. The number of likely N-dealkylation sites (N-methyl/N-ethyl adjacent to an activating group) is 1. The number of quaternary nitrogens is 1. The average Bonchev–Trinajstić information content (AvgIpc) is 2.58. The molecule has 3 unspecified atom stereocenters. The lowest BCUT2D eigenvalue weighted by Crippen LogP contribution is -2.52. The Bertz CT molecular complexity index is 345. The summed E-state index contributed by atoms with van der Waals surface area (Å²) in [6.07, 6.45) is 15.8. The maximum atomic E-state index is 12.1. The number of unbranched alkanes of at least 4 members (excludes halogenated alkanes) is 12. The van der Waals surface area contributed by atoms with Crippen molar-refractivity contribution in [1.82, 2.24) is 0 Å². The Labute approximate surface area is 164 Å². The van der Waals surface area contributed by atoms with E-state index in [4.69, 9.17) is 0 Å². The molecular weight excluding hydrogens is 345 g/mol. The molecule has 0 radical (unpaired) electrons. The maximum Gasteiger partial charge on any atom is 0.167 e. The van der Waals surface area contributed by atoms with E-state index in [9.17, 15) is 14.8 Å². The summed E-state index contributed by atoms with van der Waals surface area (Å²) in [5, 5.41) is 10.1. The third-order valence-electron chi connectivity index (χ3n) is 5.11. The minimum absolute atomic E-state index is 0.158. The number of nitrogens with zero attached hydrogens (tertiary/aromatic N) is 1. The first-order chi connectivity index (χ1) is 12.3. The van der Waals surface area contributed by atoms with Gasteiger partial charge in [0.25, 0.3) is 0 Å². The second-order valence-corrected chi connectivity index (χ2v) is 9.41. The second-order valence-electron chi connectivity index (χ2n) is 8.58. The summed E-state index contributed by atoms with van der Waals surface area (Å²) >= 11 is 0. The average molecular weight is 390 g/mol. The summed E-state index contributed by atoms with van der Waals surface area (Å²) < 4.78 is 0.341. The molecule has 0 saturated heterocycles. The van der Waals surface area contributed by atoms with Gasteiger partial charge in [0.15, 0.2) is 11.9 Å². The van der Waals surface area contributed by atoms with Crippen molar-refractivity contribution in [3.8, 4) is 0 Å². The van der Waals surface area contributed by atoms with Gasteiger partial charge in [-0.1, -0.05) is 84.0 Å². The Kier molecular flexibility index (Phi) is 16.0. The standard InChI is InChI=1S/C21H44NO3P/c1-5-6-7-8-9-10-11-12-13-14-15-16-17-18-19(23)20(24)21(26-25)22(2,3)4/h20-21,24,26H,5-18H2,1-4H3. The van der Waals surface area contributed by atoms with Gasteiger partial charge in [0.1, 0.15) is 5.78 Å². The number of carbonyl (C=O) groups is 1. The Hall–Kier alpha value is -0.0200. The lowest BCUT2D eigenvalue weighted by Gasteiger charge is -2.38. The van der Waals surface area contributed by atoms with Crippen LogP contribution in [0.3, 0.4) is 0 Å². The van der Waals surface area contributed by atoms with Gasteiger partial charge in [-0.3, -0.25) is 4.79 Å².